The first-order valence-electron chi connectivity index (χ1n) is 19.0. The van der Waals surface area contributed by atoms with Crippen molar-refractivity contribution in [1.29, 1.82) is 0 Å². The molecule has 7 rings (SSSR count). The third kappa shape index (κ3) is 7.80. The van der Waals surface area contributed by atoms with E-state index in [0.29, 0.717) is 27.5 Å². The summed E-state index contributed by atoms with van der Waals surface area (Å²) in [4.78, 5) is 48.0. The molecule has 0 radical (unpaired) electrons. The number of nitrogens with two attached hydrogens (primary N) is 1. The number of amides is 1. The van der Waals surface area contributed by atoms with Gasteiger partial charge in [0.2, 0.25) is 0 Å². The summed E-state index contributed by atoms with van der Waals surface area (Å²) in [5.74, 6) is -2.22. The number of hydrogen-bond acceptors (Lipinski definition) is 9. The first-order valence-corrected chi connectivity index (χ1v) is 20.9. The van der Waals surface area contributed by atoms with Gasteiger partial charge in [0.25, 0.3) is 11.5 Å². The normalized spacial score (nSPS) is 19.0. The molecule has 3 aromatic carbocycles. The van der Waals surface area contributed by atoms with Crippen molar-refractivity contribution in [3.8, 4) is 16.9 Å². The summed E-state index contributed by atoms with van der Waals surface area (Å²) in [5.41, 5.74) is 5.80. The van der Waals surface area contributed by atoms with Crippen molar-refractivity contribution in [2.75, 3.05) is 10.5 Å². The lowest BCUT2D eigenvalue weighted by molar-refractivity contribution is -0.0922. The highest BCUT2D eigenvalue weighted by atomic mass is 35.5. The molecule has 2 atom stereocenters. The standard InChI is InChI=1S/C42H47ClN8O6S/c1-23-21-27(41(2,3)4)34(28(22-23)42(5,6)7)57-40(54)32-31(24-17-19-25(43)20-18-24)38(51-46-29-15-11-12-16-30(29)47-51)50-36(32)45-35(44)33(39(50)53)37(52)49-58(55,56)48-26-13-9-8-10-14-26/h8-20,23,27-28,34,45,48H,21-22,44H2,1-7H3,(H,49,52). The maximum absolute atomic E-state index is 15.2. The van der Waals surface area contributed by atoms with E-state index in [1.165, 1.54) is 16.9 Å². The number of aromatic nitrogens is 5. The quantitative estimate of drug-likeness (QED) is 0.112. The Morgan fingerprint density at radius 2 is 1.41 bits per heavy atom. The van der Waals surface area contributed by atoms with Crippen LogP contribution in [-0.2, 0) is 14.9 Å². The Hall–Kier alpha value is -5.67. The van der Waals surface area contributed by atoms with Crippen LogP contribution in [0.1, 0.15) is 82.0 Å². The Morgan fingerprint density at radius 3 is 1.97 bits per heavy atom. The molecular formula is C42H47ClN8O6S. The fourth-order valence-electron chi connectivity index (χ4n) is 8.16. The fourth-order valence-corrected chi connectivity index (χ4v) is 9.13. The second-order valence-corrected chi connectivity index (χ2v) is 19.1. The molecular weight excluding hydrogens is 780 g/mol. The molecule has 0 aliphatic heterocycles. The fraction of sp³-hybridized carbons (Fsp3) is 0.357. The largest absolute Gasteiger partial charge is 0.458 e. The first-order chi connectivity index (χ1) is 27.2. The van der Waals surface area contributed by atoms with Gasteiger partial charge in [-0.05, 0) is 71.6 Å². The minimum absolute atomic E-state index is 0.0132. The number of halogens is 1. The average Bonchev–Trinajstić information content (AvgIpc) is 3.71. The number of ether oxygens (including phenoxy) is 1. The van der Waals surface area contributed by atoms with Crippen molar-refractivity contribution in [1.82, 2.24) is 29.1 Å². The van der Waals surface area contributed by atoms with Crippen molar-refractivity contribution in [2.45, 2.75) is 67.4 Å². The van der Waals surface area contributed by atoms with E-state index in [4.69, 9.17) is 22.1 Å². The second-order valence-electron chi connectivity index (χ2n) is 17.3. The zero-order chi connectivity index (χ0) is 41.9. The molecule has 1 aliphatic rings. The number of fused-ring (bicyclic) bond motifs is 2. The number of esters is 1. The Kier molecular flexibility index (Phi) is 10.4. The number of rotatable bonds is 8. The number of aromatic amines is 1. The van der Waals surface area contributed by atoms with Crippen LogP contribution in [0.2, 0.25) is 5.02 Å². The number of para-hydroxylation sites is 1. The molecule has 1 fully saturated rings. The molecule has 0 spiro atoms. The van der Waals surface area contributed by atoms with Crippen molar-refractivity contribution >= 4 is 61.9 Å². The third-order valence-electron chi connectivity index (χ3n) is 11.0. The molecule has 58 heavy (non-hydrogen) atoms. The zero-order valence-electron chi connectivity index (χ0n) is 33.3. The number of carbonyl (C=O) groups is 2. The van der Waals surface area contributed by atoms with E-state index in [9.17, 15) is 18.0 Å². The van der Waals surface area contributed by atoms with E-state index in [0.717, 1.165) is 17.2 Å². The molecule has 1 saturated carbocycles. The molecule has 6 aromatic rings. The minimum Gasteiger partial charge on any atom is -0.458 e. The Balaban J connectivity index is 1.48. The van der Waals surface area contributed by atoms with E-state index in [-0.39, 0.29) is 50.9 Å². The van der Waals surface area contributed by atoms with Crippen LogP contribution in [0.15, 0.2) is 83.7 Å². The highest BCUT2D eigenvalue weighted by Gasteiger charge is 2.48. The third-order valence-corrected chi connectivity index (χ3v) is 12.2. The van der Waals surface area contributed by atoms with Crippen LogP contribution < -0.4 is 20.7 Å². The number of benzene rings is 3. The molecule has 3 heterocycles. The molecule has 0 bridgehead atoms. The summed E-state index contributed by atoms with van der Waals surface area (Å²) in [7, 11) is -4.55. The molecule has 1 aliphatic carbocycles. The monoisotopic (exact) mass is 826 g/mol. The number of nitrogens with zero attached hydrogens (tertiary/aromatic N) is 4. The summed E-state index contributed by atoms with van der Waals surface area (Å²) < 4.78 is 38.2. The topological polar surface area (TPSA) is 196 Å². The molecule has 304 valence electrons. The van der Waals surface area contributed by atoms with Gasteiger partial charge in [0.05, 0.1) is 5.69 Å². The summed E-state index contributed by atoms with van der Waals surface area (Å²) in [6.07, 6.45) is 1.17. The maximum atomic E-state index is 15.2. The van der Waals surface area contributed by atoms with Gasteiger partial charge in [0.15, 0.2) is 5.82 Å². The highest BCUT2D eigenvalue weighted by molar-refractivity contribution is 7.91. The minimum atomic E-state index is -4.55. The van der Waals surface area contributed by atoms with Gasteiger partial charge in [-0.3, -0.25) is 14.3 Å². The van der Waals surface area contributed by atoms with Crippen LogP contribution in [-0.4, -0.2) is 50.8 Å². The van der Waals surface area contributed by atoms with Gasteiger partial charge in [-0.15, -0.1) is 15.0 Å². The lowest BCUT2D eigenvalue weighted by Gasteiger charge is -2.50. The molecule has 1 amide bonds. The summed E-state index contributed by atoms with van der Waals surface area (Å²) in [6.45, 7) is 15.1. The molecule has 5 N–H and O–H groups in total. The van der Waals surface area contributed by atoms with Gasteiger partial charge < -0.3 is 15.5 Å². The number of nitrogen functional groups attached to an aromatic ring is 1. The summed E-state index contributed by atoms with van der Waals surface area (Å²) >= 11 is 6.36. The smallest absolute Gasteiger partial charge is 0.342 e. The molecule has 2 unspecified atom stereocenters. The van der Waals surface area contributed by atoms with E-state index in [1.54, 1.807) is 66.7 Å². The molecule has 14 nitrogen and oxygen atoms in total. The molecule has 3 aromatic heterocycles. The zero-order valence-corrected chi connectivity index (χ0v) is 34.9. The van der Waals surface area contributed by atoms with Crippen molar-refractivity contribution in [2.24, 2.45) is 28.6 Å². The van der Waals surface area contributed by atoms with Crippen LogP contribution in [0.25, 0.3) is 33.6 Å². The number of H-pyrrole nitrogens is 1. The average molecular weight is 827 g/mol. The Bertz CT molecular complexity index is 2660. The first kappa shape index (κ1) is 40.5. The second kappa shape index (κ2) is 14.9. The van der Waals surface area contributed by atoms with Crippen LogP contribution >= 0.6 is 11.6 Å². The van der Waals surface area contributed by atoms with Gasteiger partial charge in [-0.2, -0.15) is 8.42 Å². The number of anilines is 2. The lowest BCUT2D eigenvalue weighted by atomic mass is 9.59. The summed E-state index contributed by atoms with van der Waals surface area (Å²) in [5, 5.41) is 9.78. The van der Waals surface area contributed by atoms with Gasteiger partial charge in [-0.25, -0.2) is 13.9 Å². The van der Waals surface area contributed by atoms with Crippen LogP contribution in [0.4, 0.5) is 11.5 Å². The number of nitrogens with one attached hydrogen (secondary N) is 3. The van der Waals surface area contributed by atoms with E-state index in [1.807, 2.05) is 4.72 Å². The SMILES string of the molecule is CC1CC(C(C)(C)C)C(OC(=O)c2c(-c3ccc(Cl)cc3)c(-n3nc4ccccc4n3)n3c(=O)c(C(=O)NS(=O)(=O)Nc4ccccc4)c(N)[nH]c23)C(C(C)(C)C)C1. The van der Waals surface area contributed by atoms with Crippen LogP contribution in [0, 0.1) is 28.6 Å². The van der Waals surface area contributed by atoms with Gasteiger partial charge in [-0.1, -0.05) is 103 Å². The summed E-state index contributed by atoms with van der Waals surface area (Å²) in [6, 6.07) is 21.6. The molecule has 16 heteroatoms. The van der Waals surface area contributed by atoms with E-state index < -0.39 is 45.1 Å². The van der Waals surface area contributed by atoms with Gasteiger partial charge in [0.1, 0.15) is 39.7 Å². The Labute approximate surface area is 341 Å². The predicted octanol–water partition coefficient (Wildman–Crippen LogP) is 7.63. The molecule has 0 saturated heterocycles. The van der Waals surface area contributed by atoms with Gasteiger partial charge in [0, 0.05) is 22.4 Å². The van der Waals surface area contributed by atoms with Crippen molar-refractivity contribution in [3.63, 3.8) is 0 Å². The van der Waals surface area contributed by atoms with E-state index in [2.05, 4.69) is 68.4 Å². The van der Waals surface area contributed by atoms with Crippen LogP contribution in [0.5, 0.6) is 0 Å². The van der Waals surface area contributed by atoms with Gasteiger partial charge >= 0.3 is 16.2 Å². The maximum Gasteiger partial charge on any atom is 0.342 e. The highest BCUT2D eigenvalue weighted by Crippen LogP contribution is 2.50. The van der Waals surface area contributed by atoms with Crippen molar-refractivity contribution in [3.05, 3.63) is 105 Å². The number of carbonyl (C=O) groups excluding carboxylic acids is 2. The van der Waals surface area contributed by atoms with E-state index >= 15 is 4.79 Å². The lowest BCUT2D eigenvalue weighted by Crippen LogP contribution is -2.49. The van der Waals surface area contributed by atoms with Crippen molar-refractivity contribution < 1.29 is 22.7 Å². The Morgan fingerprint density at radius 1 is 0.862 bits per heavy atom. The van der Waals surface area contributed by atoms with Crippen LogP contribution in [0.3, 0.4) is 0 Å². The predicted molar refractivity (Wildman–Crippen MR) is 225 cm³/mol. The number of hydrogen-bond donors (Lipinski definition) is 4.